The Morgan fingerprint density at radius 3 is 2.65 bits per heavy atom. The zero-order valence-corrected chi connectivity index (χ0v) is 14.0. The first-order valence-electron chi connectivity index (χ1n) is 7.72. The molecule has 0 saturated carbocycles. The van der Waals surface area contributed by atoms with Crippen molar-refractivity contribution in [2.45, 2.75) is 12.5 Å². The minimum Gasteiger partial charge on any atom is -0.378 e. The minimum atomic E-state index is -3.01. The van der Waals surface area contributed by atoms with Crippen LogP contribution in [0.1, 0.15) is 16.8 Å². The van der Waals surface area contributed by atoms with Crippen molar-refractivity contribution in [3.05, 3.63) is 23.9 Å². The molecule has 2 fully saturated rings. The number of hydrogen-bond donors (Lipinski definition) is 0. The van der Waals surface area contributed by atoms with Crippen LogP contribution in [-0.2, 0) is 14.6 Å². The second-order valence-corrected chi connectivity index (χ2v) is 8.21. The van der Waals surface area contributed by atoms with E-state index in [1.54, 1.807) is 19.3 Å². The van der Waals surface area contributed by atoms with E-state index in [1.807, 2.05) is 6.07 Å². The lowest BCUT2D eigenvalue weighted by Crippen LogP contribution is -2.38. The topological polar surface area (TPSA) is 79.8 Å². The third-order valence-corrected chi connectivity index (χ3v) is 6.16. The molecule has 1 amide bonds. The molecule has 0 N–H and O–H groups in total. The molecule has 3 heterocycles. The zero-order valence-electron chi connectivity index (χ0n) is 13.1. The lowest BCUT2D eigenvalue weighted by Gasteiger charge is -2.28. The van der Waals surface area contributed by atoms with Crippen molar-refractivity contribution in [1.82, 2.24) is 9.88 Å². The van der Waals surface area contributed by atoms with Gasteiger partial charge in [0.2, 0.25) is 0 Å². The molecule has 0 aliphatic carbocycles. The number of aromatic nitrogens is 1. The molecule has 23 heavy (non-hydrogen) atoms. The smallest absolute Gasteiger partial charge is 0.255 e. The van der Waals surface area contributed by atoms with Gasteiger partial charge < -0.3 is 14.5 Å². The van der Waals surface area contributed by atoms with Crippen molar-refractivity contribution in [1.29, 1.82) is 0 Å². The van der Waals surface area contributed by atoms with Gasteiger partial charge in [0.05, 0.1) is 30.3 Å². The van der Waals surface area contributed by atoms with Gasteiger partial charge in [-0.25, -0.2) is 13.4 Å². The molecule has 3 rings (SSSR count). The van der Waals surface area contributed by atoms with Crippen molar-refractivity contribution >= 4 is 21.6 Å². The van der Waals surface area contributed by atoms with Crippen LogP contribution in [0.4, 0.5) is 5.82 Å². The quantitative estimate of drug-likeness (QED) is 0.781. The van der Waals surface area contributed by atoms with Gasteiger partial charge in [-0.15, -0.1) is 0 Å². The molecule has 0 aromatic carbocycles. The fourth-order valence-corrected chi connectivity index (χ4v) is 4.72. The Bertz CT molecular complexity index is 668. The summed E-state index contributed by atoms with van der Waals surface area (Å²) in [6, 6.07) is 3.34. The highest BCUT2D eigenvalue weighted by atomic mass is 32.2. The van der Waals surface area contributed by atoms with Crippen LogP contribution in [0.5, 0.6) is 0 Å². The highest BCUT2D eigenvalue weighted by Gasteiger charge is 2.33. The summed E-state index contributed by atoms with van der Waals surface area (Å²) in [7, 11) is -1.35. The van der Waals surface area contributed by atoms with E-state index < -0.39 is 9.84 Å². The molecule has 1 unspecified atom stereocenters. The summed E-state index contributed by atoms with van der Waals surface area (Å²) in [6.45, 7) is 2.95. The third kappa shape index (κ3) is 3.64. The highest BCUT2D eigenvalue weighted by Crippen LogP contribution is 2.19. The van der Waals surface area contributed by atoms with E-state index in [9.17, 15) is 13.2 Å². The van der Waals surface area contributed by atoms with Gasteiger partial charge in [-0.3, -0.25) is 4.79 Å². The fraction of sp³-hybridized carbons (Fsp3) is 0.600. The molecule has 1 atom stereocenters. The number of pyridine rings is 1. The van der Waals surface area contributed by atoms with E-state index in [-0.39, 0.29) is 23.5 Å². The number of amides is 1. The number of rotatable bonds is 3. The van der Waals surface area contributed by atoms with Gasteiger partial charge in [0, 0.05) is 32.4 Å². The summed E-state index contributed by atoms with van der Waals surface area (Å²) in [5.41, 5.74) is 0.480. The average Bonchev–Trinajstić information content (AvgIpc) is 2.94. The van der Waals surface area contributed by atoms with Gasteiger partial charge in [0.25, 0.3) is 5.91 Å². The van der Waals surface area contributed by atoms with E-state index in [2.05, 4.69) is 9.88 Å². The first kappa shape index (κ1) is 16.2. The van der Waals surface area contributed by atoms with Crippen molar-refractivity contribution in [2.24, 2.45) is 0 Å². The maximum atomic E-state index is 12.5. The zero-order chi connectivity index (χ0) is 16.4. The van der Waals surface area contributed by atoms with Crippen LogP contribution in [-0.4, -0.2) is 75.1 Å². The fourth-order valence-electron chi connectivity index (χ4n) is 2.94. The molecule has 2 aliphatic rings. The Labute approximate surface area is 136 Å². The molecular weight excluding hydrogens is 318 g/mol. The van der Waals surface area contributed by atoms with Crippen molar-refractivity contribution in [2.75, 3.05) is 49.8 Å². The predicted molar refractivity (Wildman–Crippen MR) is 86.4 cm³/mol. The van der Waals surface area contributed by atoms with Gasteiger partial charge in [0.15, 0.2) is 9.84 Å². The van der Waals surface area contributed by atoms with Crippen LogP contribution in [0.2, 0.25) is 0 Å². The Hall–Kier alpha value is -1.67. The summed E-state index contributed by atoms with van der Waals surface area (Å²) in [6.07, 6.45) is 2.07. The first-order valence-corrected chi connectivity index (χ1v) is 9.55. The van der Waals surface area contributed by atoms with E-state index in [1.165, 1.54) is 4.90 Å². The Balaban J connectivity index is 1.67. The van der Waals surface area contributed by atoms with Crippen molar-refractivity contribution in [3.63, 3.8) is 0 Å². The molecular formula is C15H21N3O4S. The minimum absolute atomic E-state index is 0.0501. The molecule has 1 aromatic heterocycles. The molecule has 8 heteroatoms. The highest BCUT2D eigenvalue weighted by molar-refractivity contribution is 7.91. The lowest BCUT2D eigenvalue weighted by atomic mass is 10.2. The van der Waals surface area contributed by atoms with Gasteiger partial charge in [0.1, 0.15) is 5.82 Å². The largest absolute Gasteiger partial charge is 0.378 e. The Morgan fingerprint density at radius 1 is 1.35 bits per heavy atom. The number of morpholine rings is 1. The monoisotopic (exact) mass is 339 g/mol. The summed E-state index contributed by atoms with van der Waals surface area (Å²) in [5, 5.41) is 0. The van der Waals surface area contributed by atoms with Gasteiger partial charge in [-0.2, -0.15) is 0 Å². The number of sulfone groups is 1. The summed E-state index contributed by atoms with van der Waals surface area (Å²) < 4.78 is 28.4. The van der Waals surface area contributed by atoms with Crippen LogP contribution in [0.3, 0.4) is 0 Å². The second kappa shape index (κ2) is 6.45. The summed E-state index contributed by atoms with van der Waals surface area (Å²) >= 11 is 0. The SMILES string of the molecule is CN(C(=O)c1ccc(N2CCOCC2)nc1)C1CCS(=O)(=O)C1. The summed E-state index contributed by atoms with van der Waals surface area (Å²) in [5.74, 6) is 0.849. The normalized spacial score (nSPS) is 23.7. The lowest BCUT2D eigenvalue weighted by molar-refractivity contribution is 0.0747. The number of carbonyl (C=O) groups excluding carboxylic acids is 1. The molecule has 126 valence electrons. The predicted octanol–water partition coefficient (Wildman–Crippen LogP) is 0.177. The van der Waals surface area contributed by atoms with Crippen LogP contribution in [0.25, 0.3) is 0 Å². The standard InChI is InChI=1S/C15H21N3O4S/c1-17(13-4-9-23(20,21)11-13)15(19)12-2-3-14(16-10-12)18-5-7-22-8-6-18/h2-3,10,13H,4-9,11H2,1H3. The molecule has 0 spiro atoms. The van der Waals surface area contributed by atoms with Crippen LogP contribution < -0.4 is 4.90 Å². The molecule has 0 bridgehead atoms. The molecule has 7 nitrogen and oxygen atoms in total. The van der Waals surface area contributed by atoms with Crippen LogP contribution in [0.15, 0.2) is 18.3 Å². The van der Waals surface area contributed by atoms with E-state index in [4.69, 9.17) is 4.74 Å². The van der Waals surface area contributed by atoms with E-state index in [0.717, 1.165) is 18.9 Å². The number of nitrogens with zero attached hydrogens (tertiary/aromatic N) is 3. The van der Waals surface area contributed by atoms with Crippen molar-refractivity contribution < 1.29 is 17.9 Å². The number of hydrogen-bond acceptors (Lipinski definition) is 6. The third-order valence-electron chi connectivity index (χ3n) is 4.41. The molecule has 2 saturated heterocycles. The van der Waals surface area contributed by atoms with E-state index in [0.29, 0.717) is 25.2 Å². The number of carbonyl (C=O) groups is 1. The average molecular weight is 339 g/mol. The molecule has 2 aliphatic heterocycles. The van der Waals surface area contributed by atoms with Gasteiger partial charge >= 0.3 is 0 Å². The van der Waals surface area contributed by atoms with E-state index >= 15 is 0 Å². The maximum Gasteiger partial charge on any atom is 0.255 e. The Kier molecular flexibility index (Phi) is 4.54. The Morgan fingerprint density at radius 2 is 2.09 bits per heavy atom. The summed E-state index contributed by atoms with van der Waals surface area (Å²) in [4.78, 5) is 20.5. The van der Waals surface area contributed by atoms with Gasteiger partial charge in [-0.05, 0) is 18.6 Å². The first-order chi connectivity index (χ1) is 11.0. The maximum absolute atomic E-state index is 12.5. The van der Waals surface area contributed by atoms with Gasteiger partial charge in [-0.1, -0.05) is 0 Å². The van der Waals surface area contributed by atoms with Crippen LogP contribution >= 0.6 is 0 Å². The second-order valence-electron chi connectivity index (χ2n) is 5.98. The number of anilines is 1. The molecule has 1 aromatic rings. The molecule has 0 radical (unpaired) electrons. The number of ether oxygens (including phenoxy) is 1. The van der Waals surface area contributed by atoms with Crippen molar-refractivity contribution in [3.8, 4) is 0 Å². The van der Waals surface area contributed by atoms with Crippen LogP contribution in [0, 0.1) is 0 Å².